The van der Waals surface area contributed by atoms with Crippen LogP contribution in [0.5, 0.6) is 5.75 Å². The molecule has 0 aliphatic carbocycles. The average Bonchev–Trinajstić information content (AvgIpc) is 2.72. The molecule has 0 atom stereocenters. The zero-order chi connectivity index (χ0) is 15.4. The molecule has 0 radical (unpaired) electrons. The lowest BCUT2D eigenvalue weighted by molar-refractivity contribution is 0.412. The SMILES string of the molecule is CCNCc1c(C)nn(Cc2ccc(OC)c(Br)c2)c1C. The van der Waals surface area contributed by atoms with Crippen molar-refractivity contribution >= 4 is 15.9 Å². The Labute approximate surface area is 134 Å². The average molecular weight is 352 g/mol. The fraction of sp³-hybridized carbons (Fsp3) is 0.438. The van der Waals surface area contributed by atoms with Crippen molar-refractivity contribution in [3.63, 3.8) is 0 Å². The van der Waals surface area contributed by atoms with E-state index in [9.17, 15) is 0 Å². The number of hydrogen-bond donors (Lipinski definition) is 1. The number of hydrogen-bond acceptors (Lipinski definition) is 3. The third-order valence-electron chi connectivity index (χ3n) is 3.63. The second-order valence-electron chi connectivity index (χ2n) is 5.06. The highest BCUT2D eigenvalue weighted by Crippen LogP contribution is 2.26. The number of rotatable bonds is 6. The van der Waals surface area contributed by atoms with Crippen molar-refractivity contribution in [1.29, 1.82) is 0 Å². The number of methoxy groups -OCH3 is 1. The zero-order valence-electron chi connectivity index (χ0n) is 13.0. The molecule has 21 heavy (non-hydrogen) atoms. The molecule has 2 aromatic rings. The zero-order valence-corrected chi connectivity index (χ0v) is 14.6. The van der Waals surface area contributed by atoms with Gasteiger partial charge in [0.25, 0.3) is 0 Å². The molecule has 1 aromatic heterocycles. The summed E-state index contributed by atoms with van der Waals surface area (Å²) < 4.78 is 8.30. The summed E-state index contributed by atoms with van der Waals surface area (Å²) in [5.74, 6) is 0.847. The summed E-state index contributed by atoms with van der Waals surface area (Å²) in [6.07, 6.45) is 0. The van der Waals surface area contributed by atoms with Crippen molar-refractivity contribution in [3.8, 4) is 5.75 Å². The van der Waals surface area contributed by atoms with E-state index in [1.165, 1.54) is 16.8 Å². The van der Waals surface area contributed by atoms with Gasteiger partial charge in [0.05, 0.1) is 23.8 Å². The monoisotopic (exact) mass is 351 g/mol. The highest BCUT2D eigenvalue weighted by Gasteiger charge is 2.11. The summed E-state index contributed by atoms with van der Waals surface area (Å²) in [6, 6.07) is 6.13. The second kappa shape index (κ2) is 7.09. The molecule has 0 fully saturated rings. The van der Waals surface area contributed by atoms with Crippen LogP contribution in [0, 0.1) is 13.8 Å². The van der Waals surface area contributed by atoms with Crippen molar-refractivity contribution < 1.29 is 4.74 Å². The van der Waals surface area contributed by atoms with Crippen molar-refractivity contribution in [2.24, 2.45) is 0 Å². The third kappa shape index (κ3) is 3.66. The smallest absolute Gasteiger partial charge is 0.133 e. The van der Waals surface area contributed by atoms with Crippen LogP contribution in [0.15, 0.2) is 22.7 Å². The minimum absolute atomic E-state index is 0.765. The maximum atomic E-state index is 5.26. The lowest BCUT2D eigenvalue weighted by Crippen LogP contribution is -2.13. The van der Waals surface area contributed by atoms with Crippen LogP contribution in [0.3, 0.4) is 0 Å². The first-order valence-electron chi connectivity index (χ1n) is 7.12. The minimum atomic E-state index is 0.765. The van der Waals surface area contributed by atoms with Crippen LogP contribution in [0.1, 0.15) is 29.4 Å². The fourth-order valence-corrected chi connectivity index (χ4v) is 2.96. The standard InChI is InChI=1S/C16H22BrN3O/c1-5-18-9-14-11(2)19-20(12(14)3)10-13-6-7-16(21-4)15(17)8-13/h6-8,18H,5,9-10H2,1-4H3. The lowest BCUT2D eigenvalue weighted by Gasteiger charge is -2.09. The predicted octanol–water partition coefficient (Wildman–Crippen LogP) is 3.43. The normalized spacial score (nSPS) is 10.9. The molecular weight excluding hydrogens is 330 g/mol. The molecule has 4 nitrogen and oxygen atoms in total. The number of aromatic nitrogens is 2. The third-order valence-corrected chi connectivity index (χ3v) is 4.25. The lowest BCUT2D eigenvalue weighted by atomic mass is 10.2. The summed E-state index contributed by atoms with van der Waals surface area (Å²) in [4.78, 5) is 0. The molecule has 0 aliphatic heterocycles. The maximum Gasteiger partial charge on any atom is 0.133 e. The minimum Gasteiger partial charge on any atom is -0.496 e. The first kappa shape index (κ1) is 16.0. The van der Waals surface area contributed by atoms with Crippen molar-refractivity contribution in [2.45, 2.75) is 33.9 Å². The molecule has 114 valence electrons. The van der Waals surface area contributed by atoms with Gasteiger partial charge in [-0.1, -0.05) is 13.0 Å². The highest BCUT2D eigenvalue weighted by molar-refractivity contribution is 9.10. The Morgan fingerprint density at radius 3 is 2.71 bits per heavy atom. The molecule has 0 spiro atoms. The van der Waals surface area contributed by atoms with Gasteiger partial charge in [-0.15, -0.1) is 0 Å². The van der Waals surface area contributed by atoms with Gasteiger partial charge in [-0.2, -0.15) is 5.10 Å². The van der Waals surface area contributed by atoms with Crippen LogP contribution in [0.2, 0.25) is 0 Å². The Hall–Kier alpha value is -1.33. The molecule has 0 unspecified atom stereocenters. The Balaban J connectivity index is 2.21. The molecular formula is C16H22BrN3O. The van der Waals surface area contributed by atoms with Gasteiger partial charge < -0.3 is 10.1 Å². The number of ether oxygens (including phenoxy) is 1. The molecule has 5 heteroatoms. The van der Waals surface area contributed by atoms with Gasteiger partial charge in [0.2, 0.25) is 0 Å². The number of nitrogens with one attached hydrogen (secondary N) is 1. The fourth-order valence-electron chi connectivity index (χ4n) is 2.37. The number of aryl methyl sites for hydroxylation is 1. The van der Waals surface area contributed by atoms with Gasteiger partial charge in [-0.3, -0.25) is 4.68 Å². The molecule has 1 aromatic carbocycles. The van der Waals surface area contributed by atoms with Gasteiger partial charge in [-0.05, 0) is 54.0 Å². The molecule has 1 N–H and O–H groups in total. The van der Waals surface area contributed by atoms with E-state index < -0.39 is 0 Å². The Bertz CT molecular complexity index is 622. The summed E-state index contributed by atoms with van der Waals surface area (Å²) in [5.41, 5.74) is 4.81. The van der Waals surface area contributed by atoms with Gasteiger partial charge >= 0.3 is 0 Å². The van der Waals surface area contributed by atoms with Crippen LogP contribution < -0.4 is 10.1 Å². The van der Waals surface area contributed by atoms with E-state index in [-0.39, 0.29) is 0 Å². The Morgan fingerprint density at radius 1 is 1.33 bits per heavy atom. The van der Waals surface area contributed by atoms with E-state index in [2.05, 4.69) is 63.9 Å². The second-order valence-corrected chi connectivity index (χ2v) is 5.91. The molecule has 0 amide bonds. The van der Waals surface area contributed by atoms with Crippen LogP contribution >= 0.6 is 15.9 Å². The topological polar surface area (TPSA) is 39.1 Å². The van der Waals surface area contributed by atoms with Gasteiger partial charge in [-0.25, -0.2) is 0 Å². The Kier molecular flexibility index (Phi) is 5.42. The van der Waals surface area contributed by atoms with E-state index in [1.54, 1.807) is 7.11 Å². The van der Waals surface area contributed by atoms with E-state index in [0.717, 1.165) is 35.6 Å². The van der Waals surface area contributed by atoms with Crippen molar-refractivity contribution in [2.75, 3.05) is 13.7 Å². The summed E-state index contributed by atoms with van der Waals surface area (Å²) in [5, 5.41) is 8.03. The van der Waals surface area contributed by atoms with Crippen molar-refractivity contribution in [3.05, 3.63) is 45.2 Å². The van der Waals surface area contributed by atoms with Crippen LogP contribution in [-0.4, -0.2) is 23.4 Å². The molecule has 2 rings (SSSR count). The van der Waals surface area contributed by atoms with Crippen LogP contribution in [-0.2, 0) is 13.1 Å². The number of nitrogens with zero attached hydrogens (tertiary/aromatic N) is 2. The first-order valence-corrected chi connectivity index (χ1v) is 7.92. The quantitative estimate of drug-likeness (QED) is 0.866. The van der Waals surface area contributed by atoms with Gasteiger partial charge in [0.15, 0.2) is 0 Å². The molecule has 0 saturated heterocycles. The highest BCUT2D eigenvalue weighted by atomic mass is 79.9. The van der Waals surface area contributed by atoms with E-state index in [0.29, 0.717) is 0 Å². The molecule has 0 saturated carbocycles. The van der Waals surface area contributed by atoms with E-state index >= 15 is 0 Å². The molecule has 0 bridgehead atoms. The van der Waals surface area contributed by atoms with Crippen LogP contribution in [0.4, 0.5) is 0 Å². The number of halogens is 1. The maximum absolute atomic E-state index is 5.26. The Morgan fingerprint density at radius 2 is 2.10 bits per heavy atom. The largest absolute Gasteiger partial charge is 0.496 e. The summed E-state index contributed by atoms with van der Waals surface area (Å²) in [7, 11) is 1.67. The summed E-state index contributed by atoms with van der Waals surface area (Å²) in [6.45, 7) is 8.92. The van der Waals surface area contributed by atoms with E-state index in [4.69, 9.17) is 4.74 Å². The van der Waals surface area contributed by atoms with E-state index in [1.807, 2.05) is 6.07 Å². The predicted molar refractivity (Wildman–Crippen MR) is 88.9 cm³/mol. The molecule has 0 aliphatic rings. The molecule has 1 heterocycles. The first-order chi connectivity index (χ1) is 10.1. The number of benzene rings is 1. The van der Waals surface area contributed by atoms with Gasteiger partial charge in [0.1, 0.15) is 5.75 Å². The summed E-state index contributed by atoms with van der Waals surface area (Å²) >= 11 is 3.53. The van der Waals surface area contributed by atoms with Crippen LogP contribution in [0.25, 0.3) is 0 Å². The van der Waals surface area contributed by atoms with Gasteiger partial charge in [0, 0.05) is 17.8 Å². The van der Waals surface area contributed by atoms with Crippen molar-refractivity contribution in [1.82, 2.24) is 15.1 Å².